The fourth-order valence-electron chi connectivity index (χ4n) is 2.87. The highest BCUT2D eigenvalue weighted by molar-refractivity contribution is 5.43. The molecule has 106 valence electrons. The molecule has 1 aliphatic rings. The van der Waals surface area contributed by atoms with Gasteiger partial charge in [-0.3, -0.25) is 0 Å². The summed E-state index contributed by atoms with van der Waals surface area (Å²) in [7, 11) is 3.71. The Bertz CT molecular complexity index is 419. The summed E-state index contributed by atoms with van der Waals surface area (Å²) in [5.74, 6) is 2.48. The zero-order valence-corrected chi connectivity index (χ0v) is 12.4. The Morgan fingerprint density at radius 2 is 2.26 bits per heavy atom. The second kappa shape index (κ2) is 6.29. The predicted molar refractivity (Wildman–Crippen MR) is 77.9 cm³/mol. The summed E-state index contributed by atoms with van der Waals surface area (Å²) >= 11 is 0. The molecule has 1 aromatic rings. The quantitative estimate of drug-likeness (QED) is 0.881. The fourth-order valence-corrected chi connectivity index (χ4v) is 2.87. The molecule has 2 rings (SSSR count). The Labute approximate surface area is 116 Å². The van der Waals surface area contributed by atoms with Crippen LogP contribution in [0, 0.1) is 5.92 Å². The monoisotopic (exact) mass is 263 g/mol. The van der Waals surface area contributed by atoms with Crippen LogP contribution in [0.3, 0.4) is 0 Å². The minimum absolute atomic E-state index is 0.304. The van der Waals surface area contributed by atoms with Gasteiger partial charge in [-0.05, 0) is 37.6 Å². The van der Waals surface area contributed by atoms with Gasteiger partial charge in [0, 0.05) is 18.0 Å². The number of hydrogen-bond acceptors (Lipinski definition) is 3. The highest BCUT2D eigenvalue weighted by Gasteiger charge is 2.30. The lowest BCUT2D eigenvalue weighted by Crippen LogP contribution is -2.35. The van der Waals surface area contributed by atoms with Gasteiger partial charge in [-0.1, -0.05) is 20.3 Å². The lowest BCUT2D eigenvalue weighted by Gasteiger charge is -2.35. The molecule has 3 atom stereocenters. The van der Waals surface area contributed by atoms with E-state index in [0.717, 1.165) is 17.9 Å². The van der Waals surface area contributed by atoms with Crippen molar-refractivity contribution in [2.75, 3.05) is 14.2 Å². The van der Waals surface area contributed by atoms with Crippen molar-refractivity contribution >= 4 is 0 Å². The van der Waals surface area contributed by atoms with E-state index in [9.17, 15) is 0 Å². The van der Waals surface area contributed by atoms with Gasteiger partial charge in [-0.15, -0.1) is 0 Å². The second-order valence-electron chi connectivity index (χ2n) is 5.40. The average Bonchev–Trinajstić information content (AvgIpc) is 2.45. The minimum Gasteiger partial charge on any atom is -0.497 e. The minimum atomic E-state index is 0.304. The van der Waals surface area contributed by atoms with Crippen LogP contribution in [0.4, 0.5) is 0 Å². The maximum absolute atomic E-state index is 6.18. The summed E-state index contributed by atoms with van der Waals surface area (Å²) in [5, 5.41) is 3.40. The molecule has 1 N–H and O–H groups in total. The molecule has 0 aromatic heterocycles. The predicted octanol–water partition coefficient (Wildman–Crippen LogP) is 3.54. The molecule has 0 amide bonds. The molecule has 3 heteroatoms. The van der Waals surface area contributed by atoms with Crippen LogP contribution < -0.4 is 14.8 Å². The van der Waals surface area contributed by atoms with Crippen molar-refractivity contribution in [3.05, 3.63) is 23.8 Å². The van der Waals surface area contributed by atoms with E-state index in [1.54, 1.807) is 7.11 Å². The Hall–Kier alpha value is -1.22. The normalized spacial score (nSPS) is 23.4. The highest BCUT2D eigenvalue weighted by Crippen LogP contribution is 2.39. The number of fused-ring (bicyclic) bond motifs is 1. The molecule has 3 unspecified atom stereocenters. The van der Waals surface area contributed by atoms with Crippen LogP contribution in [-0.4, -0.2) is 20.3 Å². The third-order valence-electron chi connectivity index (χ3n) is 4.07. The molecule has 1 aromatic carbocycles. The topological polar surface area (TPSA) is 30.5 Å². The van der Waals surface area contributed by atoms with Crippen LogP contribution in [0.25, 0.3) is 0 Å². The molecular weight excluding hydrogens is 238 g/mol. The molecule has 0 bridgehead atoms. The highest BCUT2D eigenvalue weighted by atomic mass is 16.5. The lowest BCUT2D eigenvalue weighted by molar-refractivity contribution is 0.0967. The first-order valence-corrected chi connectivity index (χ1v) is 7.21. The number of rotatable bonds is 5. The van der Waals surface area contributed by atoms with Crippen molar-refractivity contribution in [3.8, 4) is 11.5 Å². The first kappa shape index (κ1) is 14.2. The Morgan fingerprint density at radius 3 is 2.89 bits per heavy atom. The second-order valence-corrected chi connectivity index (χ2v) is 5.40. The molecule has 0 saturated heterocycles. The van der Waals surface area contributed by atoms with E-state index in [2.05, 4.69) is 25.2 Å². The third-order valence-corrected chi connectivity index (χ3v) is 4.07. The molecule has 0 aliphatic carbocycles. The van der Waals surface area contributed by atoms with Crippen molar-refractivity contribution in [2.45, 2.75) is 45.3 Å². The summed E-state index contributed by atoms with van der Waals surface area (Å²) in [5.41, 5.74) is 1.21. The summed E-state index contributed by atoms with van der Waals surface area (Å²) in [6, 6.07) is 6.43. The summed E-state index contributed by atoms with van der Waals surface area (Å²) in [6.45, 7) is 4.52. The number of hydrogen-bond donors (Lipinski definition) is 1. The van der Waals surface area contributed by atoms with E-state index >= 15 is 0 Å². The summed E-state index contributed by atoms with van der Waals surface area (Å²) in [6.07, 6.45) is 3.75. The van der Waals surface area contributed by atoms with E-state index in [1.807, 2.05) is 19.2 Å². The average molecular weight is 263 g/mol. The van der Waals surface area contributed by atoms with E-state index < -0.39 is 0 Å². The molecule has 0 saturated carbocycles. The maximum atomic E-state index is 6.18. The van der Waals surface area contributed by atoms with Gasteiger partial charge in [0.15, 0.2) is 0 Å². The Morgan fingerprint density at radius 1 is 1.47 bits per heavy atom. The molecule has 0 spiro atoms. The van der Waals surface area contributed by atoms with Crippen LogP contribution in [-0.2, 0) is 0 Å². The lowest BCUT2D eigenvalue weighted by atomic mass is 9.88. The maximum Gasteiger partial charge on any atom is 0.124 e. The van der Waals surface area contributed by atoms with Gasteiger partial charge in [-0.2, -0.15) is 0 Å². The van der Waals surface area contributed by atoms with Crippen molar-refractivity contribution in [1.29, 1.82) is 0 Å². The third kappa shape index (κ3) is 3.03. The molecular formula is C16H25NO2. The number of benzene rings is 1. The van der Waals surface area contributed by atoms with Gasteiger partial charge >= 0.3 is 0 Å². The van der Waals surface area contributed by atoms with Crippen molar-refractivity contribution in [1.82, 2.24) is 5.32 Å². The Kier molecular flexibility index (Phi) is 4.70. The van der Waals surface area contributed by atoms with Crippen LogP contribution in [0.5, 0.6) is 11.5 Å². The largest absolute Gasteiger partial charge is 0.497 e. The molecule has 1 aliphatic heterocycles. The van der Waals surface area contributed by atoms with Gasteiger partial charge < -0.3 is 14.8 Å². The first-order valence-electron chi connectivity index (χ1n) is 7.21. The molecule has 19 heavy (non-hydrogen) atoms. The first-order chi connectivity index (χ1) is 9.19. The zero-order valence-electron chi connectivity index (χ0n) is 12.4. The van der Waals surface area contributed by atoms with Gasteiger partial charge in [0.05, 0.1) is 7.11 Å². The molecule has 3 nitrogen and oxygen atoms in total. The zero-order chi connectivity index (χ0) is 13.8. The van der Waals surface area contributed by atoms with Gasteiger partial charge in [-0.25, -0.2) is 0 Å². The van der Waals surface area contributed by atoms with Gasteiger partial charge in [0.2, 0.25) is 0 Å². The van der Waals surface area contributed by atoms with E-state index in [0.29, 0.717) is 18.1 Å². The van der Waals surface area contributed by atoms with Crippen molar-refractivity contribution < 1.29 is 9.47 Å². The standard InChI is InChI=1S/C16H25NO2/c1-5-6-11(2)16-10-14(17-3)13-9-12(18-4)7-8-15(13)19-16/h7-9,11,14,16-17H,5-6,10H2,1-4H3. The van der Waals surface area contributed by atoms with E-state index in [4.69, 9.17) is 9.47 Å². The Balaban J connectivity index is 2.23. The van der Waals surface area contributed by atoms with Crippen LogP contribution >= 0.6 is 0 Å². The molecule has 0 radical (unpaired) electrons. The molecule has 1 heterocycles. The van der Waals surface area contributed by atoms with Crippen molar-refractivity contribution in [3.63, 3.8) is 0 Å². The van der Waals surface area contributed by atoms with Gasteiger partial charge in [0.25, 0.3) is 0 Å². The van der Waals surface area contributed by atoms with E-state index in [1.165, 1.54) is 18.4 Å². The SMILES string of the molecule is CCCC(C)C1CC(NC)c2cc(OC)ccc2O1. The summed E-state index contributed by atoms with van der Waals surface area (Å²) < 4.78 is 11.5. The fraction of sp³-hybridized carbons (Fsp3) is 0.625. The van der Waals surface area contributed by atoms with Crippen LogP contribution in [0.1, 0.15) is 44.7 Å². The molecule has 0 fully saturated rings. The van der Waals surface area contributed by atoms with Gasteiger partial charge in [0.1, 0.15) is 17.6 Å². The van der Waals surface area contributed by atoms with Crippen LogP contribution in [0.2, 0.25) is 0 Å². The van der Waals surface area contributed by atoms with E-state index in [-0.39, 0.29) is 0 Å². The number of ether oxygens (including phenoxy) is 2. The summed E-state index contributed by atoms with van der Waals surface area (Å²) in [4.78, 5) is 0. The number of methoxy groups -OCH3 is 1. The van der Waals surface area contributed by atoms with Crippen LogP contribution in [0.15, 0.2) is 18.2 Å². The van der Waals surface area contributed by atoms with Crippen molar-refractivity contribution in [2.24, 2.45) is 5.92 Å². The smallest absolute Gasteiger partial charge is 0.124 e. The number of nitrogens with one attached hydrogen (secondary N) is 1.